The van der Waals surface area contributed by atoms with Crippen LogP contribution in [0.15, 0.2) is 0 Å². The second-order valence-corrected chi connectivity index (χ2v) is 4.98. The van der Waals surface area contributed by atoms with E-state index >= 15 is 0 Å². The number of nitrogens with one attached hydrogen (secondary N) is 2. The Labute approximate surface area is 110 Å². The summed E-state index contributed by atoms with van der Waals surface area (Å²) in [6.07, 6.45) is -2.69. The molecule has 3 nitrogen and oxygen atoms in total. The van der Waals surface area contributed by atoms with Crippen molar-refractivity contribution in [3.05, 3.63) is 0 Å². The largest absolute Gasteiger partial charge is 0.403 e. The number of hydrogen-bond acceptors (Lipinski definition) is 2. The molecule has 0 spiro atoms. The van der Waals surface area contributed by atoms with Crippen molar-refractivity contribution in [3.8, 4) is 0 Å². The number of hydrogen-bond donors (Lipinski definition) is 2. The van der Waals surface area contributed by atoms with E-state index in [0.29, 0.717) is 12.5 Å². The lowest BCUT2D eigenvalue weighted by atomic mass is 9.97. The quantitative estimate of drug-likeness (QED) is 0.832. The fourth-order valence-corrected chi connectivity index (χ4v) is 2.26. The molecule has 0 aromatic rings. The van der Waals surface area contributed by atoms with Gasteiger partial charge in [-0.3, -0.25) is 4.79 Å². The normalized spacial score (nSPS) is 23.1. The van der Waals surface area contributed by atoms with Crippen LogP contribution in [0.25, 0.3) is 0 Å². The first kappa shape index (κ1) is 15.6. The predicted molar refractivity (Wildman–Crippen MR) is 63.6 cm³/mol. The van der Waals surface area contributed by atoms with Gasteiger partial charge in [-0.2, -0.15) is 13.2 Å². The van der Waals surface area contributed by atoms with Crippen LogP contribution >= 0.6 is 12.4 Å². The van der Waals surface area contributed by atoms with Gasteiger partial charge in [-0.25, -0.2) is 0 Å². The molecule has 1 saturated carbocycles. The summed E-state index contributed by atoms with van der Waals surface area (Å²) in [5.74, 6) is -0.521. The molecule has 7 heteroatoms. The minimum absolute atomic E-state index is 0. The number of amides is 1. The number of alkyl halides is 3. The lowest BCUT2D eigenvalue weighted by Crippen LogP contribution is -2.44. The van der Waals surface area contributed by atoms with Gasteiger partial charge in [-0.1, -0.05) is 0 Å². The van der Waals surface area contributed by atoms with E-state index in [0.717, 1.165) is 25.9 Å². The van der Waals surface area contributed by atoms with E-state index in [1.165, 1.54) is 0 Å². The third-order valence-corrected chi connectivity index (χ3v) is 3.74. The zero-order chi connectivity index (χ0) is 12.5. The van der Waals surface area contributed by atoms with Crippen molar-refractivity contribution in [3.63, 3.8) is 0 Å². The van der Waals surface area contributed by atoms with Gasteiger partial charge in [-0.15, -0.1) is 12.4 Å². The molecule has 0 bridgehead atoms. The maximum absolute atomic E-state index is 12.6. The average molecular weight is 287 g/mol. The molecule has 0 radical (unpaired) electrons. The Morgan fingerprint density at radius 2 is 1.83 bits per heavy atom. The topological polar surface area (TPSA) is 41.1 Å². The van der Waals surface area contributed by atoms with E-state index in [-0.39, 0.29) is 25.2 Å². The summed E-state index contributed by atoms with van der Waals surface area (Å²) in [6, 6.07) is 0. The van der Waals surface area contributed by atoms with Gasteiger partial charge in [0.1, 0.15) is 5.41 Å². The summed E-state index contributed by atoms with van der Waals surface area (Å²) in [7, 11) is 0. The number of halogens is 4. The first-order chi connectivity index (χ1) is 7.96. The molecule has 0 aromatic heterocycles. The molecule has 1 heterocycles. The fourth-order valence-electron chi connectivity index (χ4n) is 2.26. The molecule has 2 rings (SSSR count). The van der Waals surface area contributed by atoms with Gasteiger partial charge in [0, 0.05) is 6.54 Å². The lowest BCUT2D eigenvalue weighted by Gasteiger charge is -2.24. The number of rotatable bonds is 3. The highest BCUT2D eigenvalue weighted by atomic mass is 35.5. The van der Waals surface area contributed by atoms with Gasteiger partial charge in [0.15, 0.2) is 0 Å². The zero-order valence-electron chi connectivity index (χ0n) is 9.98. The van der Waals surface area contributed by atoms with E-state index in [1.807, 2.05) is 0 Å². The van der Waals surface area contributed by atoms with Gasteiger partial charge in [-0.05, 0) is 44.7 Å². The first-order valence-electron chi connectivity index (χ1n) is 6.01. The van der Waals surface area contributed by atoms with Crippen LogP contribution in [0.3, 0.4) is 0 Å². The summed E-state index contributed by atoms with van der Waals surface area (Å²) in [4.78, 5) is 11.6. The van der Waals surface area contributed by atoms with Crippen molar-refractivity contribution in [2.24, 2.45) is 11.3 Å². The standard InChI is InChI=1S/C11H17F3N2O.ClH/c12-11(13,14)10(3-4-10)9(17)16-7-8-1-5-15-6-2-8;/h8,15H,1-7H2,(H,16,17);1H. The first-order valence-corrected chi connectivity index (χ1v) is 6.01. The Hall–Kier alpha value is -0.490. The van der Waals surface area contributed by atoms with Crippen molar-refractivity contribution in [2.75, 3.05) is 19.6 Å². The van der Waals surface area contributed by atoms with Crippen molar-refractivity contribution in [1.82, 2.24) is 10.6 Å². The fraction of sp³-hybridized carbons (Fsp3) is 0.909. The van der Waals surface area contributed by atoms with E-state index < -0.39 is 17.5 Å². The van der Waals surface area contributed by atoms with Crippen LogP contribution in [0, 0.1) is 11.3 Å². The SMILES string of the molecule is Cl.O=C(NCC1CCNCC1)C1(C(F)(F)F)CC1. The number of carbonyl (C=O) groups excluding carboxylic acids is 1. The van der Waals surface area contributed by atoms with Crippen LogP contribution in [0.1, 0.15) is 25.7 Å². The van der Waals surface area contributed by atoms with Crippen molar-refractivity contribution >= 4 is 18.3 Å². The monoisotopic (exact) mass is 286 g/mol. The van der Waals surface area contributed by atoms with Crippen LogP contribution in [-0.2, 0) is 4.79 Å². The van der Waals surface area contributed by atoms with E-state index in [4.69, 9.17) is 0 Å². The van der Waals surface area contributed by atoms with E-state index in [2.05, 4.69) is 10.6 Å². The van der Waals surface area contributed by atoms with Gasteiger partial charge in [0.05, 0.1) is 0 Å². The predicted octanol–water partition coefficient (Wildman–Crippen LogP) is 1.87. The summed E-state index contributed by atoms with van der Waals surface area (Å²) in [5, 5.41) is 5.65. The molecule has 1 amide bonds. The summed E-state index contributed by atoms with van der Waals surface area (Å²) in [5.41, 5.74) is -2.07. The number of piperidine rings is 1. The molecule has 1 saturated heterocycles. The summed E-state index contributed by atoms with van der Waals surface area (Å²) >= 11 is 0. The maximum Gasteiger partial charge on any atom is 0.403 e. The zero-order valence-corrected chi connectivity index (χ0v) is 10.8. The van der Waals surface area contributed by atoms with Gasteiger partial charge < -0.3 is 10.6 Å². The average Bonchev–Trinajstić information content (AvgIpc) is 3.07. The Bertz CT molecular complexity index is 299. The molecule has 1 aliphatic heterocycles. The molecule has 18 heavy (non-hydrogen) atoms. The Morgan fingerprint density at radius 1 is 1.28 bits per heavy atom. The number of carbonyl (C=O) groups is 1. The van der Waals surface area contributed by atoms with Crippen LogP contribution in [0.2, 0.25) is 0 Å². The van der Waals surface area contributed by atoms with E-state index in [9.17, 15) is 18.0 Å². The van der Waals surface area contributed by atoms with Crippen LogP contribution in [0.5, 0.6) is 0 Å². The Kier molecular flexibility index (Phi) is 4.89. The molecule has 106 valence electrons. The second-order valence-electron chi connectivity index (χ2n) is 4.98. The molecule has 2 N–H and O–H groups in total. The Balaban J connectivity index is 0.00000162. The second kappa shape index (κ2) is 5.65. The molecule has 1 aliphatic carbocycles. The highest BCUT2D eigenvalue weighted by Gasteiger charge is 2.68. The van der Waals surface area contributed by atoms with Crippen molar-refractivity contribution in [1.29, 1.82) is 0 Å². The van der Waals surface area contributed by atoms with Crippen LogP contribution in [-0.4, -0.2) is 31.7 Å². The molecular weight excluding hydrogens is 269 g/mol. The van der Waals surface area contributed by atoms with Crippen LogP contribution < -0.4 is 10.6 Å². The minimum Gasteiger partial charge on any atom is -0.355 e. The molecule has 2 fully saturated rings. The van der Waals surface area contributed by atoms with Gasteiger partial charge in [0.25, 0.3) is 0 Å². The van der Waals surface area contributed by atoms with Crippen molar-refractivity contribution < 1.29 is 18.0 Å². The van der Waals surface area contributed by atoms with E-state index in [1.54, 1.807) is 0 Å². The van der Waals surface area contributed by atoms with Gasteiger partial charge >= 0.3 is 6.18 Å². The minimum atomic E-state index is -4.40. The third kappa shape index (κ3) is 3.09. The lowest BCUT2D eigenvalue weighted by molar-refractivity contribution is -0.192. The highest BCUT2D eigenvalue weighted by molar-refractivity contribution is 5.86. The summed E-state index contributed by atoms with van der Waals surface area (Å²) < 4.78 is 37.9. The summed E-state index contributed by atoms with van der Waals surface area (Å²) in [6.45, 7) is 2.13. The molecule has 0 unspecified atom stereocenters. The van der Waals surface area contributed by atoms with Crippen molar-refractivity contribution in [2.45, 2.75) is 31.9 Å². The third-order valence-electron chi connectivity index (χ3n) is 3.74. The smallest absolute Gasteiger partial charge is 0.355 e. The Morgan fingerprint density at radius 3 is 2.28 bits per heavy atom. The molecule has 0 atom stereocenters. The van der Waals surface area contributed by atoms with Crippen LogP contribution in [0.4, 0.5) is 13.2 Å². The maximum atomic E-state index is 12.6. The molecular formula is C11H18ClF3N2O. The molecule has 2 aliphatic rings. The highest BCUT2D eigenvalue weighted by Crippen LogP contribution is 2.57. The van der Waals surface area contributed by atoms with Gasteiger partial charge in [0.2, 0.25) is 5.91 Å². The molecule has 0 aromatic carbocycles.